The molecule has 88 valence electrons. The number of halogens is 1. The molecule has 0 unspecified atom stereocenters. The van der Waals surface area contributed by atoms with Gasteiger partial charge in [0.15, 0.2) is 0 Å². The number of carbonyl (C=O) groups is 1. The maximum absolute atomic E-state index is 11.9. The predicted octanol–water partition coefficient (Wildman–Crippen LogP) is 2.70. The fourth-order valence-corrected chi connectivity index (χ4v) is 1.70. The Balaban J connectivity index is 2.24. The van der Waals surface area contributed by atoms with E-state index in [-0.39, 0.29) is 5.91 Å². The van der Waals surface area contributed by atoms with Crippen molar-refractivity contribution in [3.05, 3.63) is 40.7 Å². The zero-order chi connectivity index (χ0) is 12.3. The van der Waals surface area contributed by atoms with E-state index in [0.717, 1.165) is 0 Å². The number of rotatable bonds is 3. The van der Waals surface area contributed by atoms with Crippen molar-refractivity contribution in [1.29, 1.82) is 0 Å². The Hall–Kier alpha value is -1.82. The first-order valence-corrected chi connectivity index (χ1v) is 5.54. The molecule has 0 bridgehead atoms. The van der Waals surface area contributed by atoms with Gasteiger partial charge in [0.05, 0.1) is 18.9 Å². The highest BCUT2D eigenvalue weighted by Gasteiger charge is 2.12. The number of carbonyl (C=O) groups excluding carboxylic acids is 1. The average molecular weight is 297 g/mol. The van der Waals surface area contributed by atoms with Gasteiger partial charge in [0.2, 0.25) is 0 Å². The van der Waals surface area contributed by atoms with Gasteiger partial charge in [-0.05, 0) is 34.1 Å². The van der Waals surface area contributed by atoms with E-state index in [9.17, 15) is 4.79 Å². The van der Waals surface area contributed by atoms with Gasteiger partial charge in [-0.1, -0.05) is 5.16 Å². The first kappa shape index (κ1) is 11.7. The minimum Gasteiger partial charge on any atom is -0.497 e. The maximum atomic E-state index is 11.9. The van der Waals surface area contributed by atoms with Gasteiger partial charge in [-0.15, -0.1) is 0 Å². The third-order valence-electron chi connectivity index (χ3n) is 2.11. The Bertz CT molecular complexity index is 526. The summed E-state index contributed by atoms with van der Waals surface area (Å²) in [6, 6.07) is 5.16. The summed E-state index contributed by atoms with van der Waals surface area (Å²) in [5.74, 6) is 0.350. The van der Waals surface area contributed by atoms with Crippen LogP contribution in [0.2, 0.25) is 0 Å². The SMILES string of the molecule is COc1ccc(Br)c(C(=O)Nc2cnoc2)c1. The van der Waals surface area contributed by atoms with Crippen LogP contribution in [0.1, 0.15) is 10.4 Å². The van der Waals surface area contributed by atoms with Gasteiger partial charge < -0.3 is 14.6 Å². The van der Waals surface area contributed by atoms with Crippen molar-refractivity contribution in [3.63, 3.8) is 0 Å². The summed E-state index contributed by atoms with van der Waals surface area (Å²) in [5.41, 5.74) is 0.982. The molecular formula is C11H9BrN2O3. The number of hydrogen-bond acceptors (Lipinski definition) is 4. The van der Waals surface area contributed by atoms with Crippen molar-refractivity contribution >= 4 is 27.5 Å². The van der Waals surface area contributed by atoms with Gasteiger partial charge >= 0.3 is 0 Å². The number of methoxy groups -OCH3 is 1. The normalized spacial score (nSPS) is 10.0. The number of benzene rings is 1. The van der Waals surface area contributed by atoms with Crippen LogP contribution in [0.3, 0.4) is 0 Å². The Labute approximate surface area is 106 Å². The zero-order valence-corrected chi connectivity index (χ0v) is 10.5. The molecule has 1 amide bonds. The molecule has 0 aliphatic heterocycles. The minimum atomic E-state index is -0.265. The summed E-state index contributed by atoms with van der Waals surface area (Å²) in [7, 11) is 1.55. The van der Waals surface area contributed by atoms with Crippen LogP contribution in [0, 0.1) is 0 Å². The van der Waals surface area contributed by atoms with E-state index >= 15 is 0 Å². The number of nitrogens with zero attached hydrogens (tertiary/aromatic N) is 1. The molecule has 2 rings (SSSR count). The van der Waals surface area contributed by atoms with E-state index in [4.69, 9.17) is 4.74 Å². The molecule has 0 saturated heterocycles. The van der Waals surface area contributed by atoms with Crippen LogP contribution in [-0.4, -0.2) is 18.2 Å². The maximum Gasteiger partial charge on any atom is 0.257 e. The first-order valence-electron chi connectivity index (χ1n) is 4.75. The van der Waals surface area contributed by atoms with Gasteiger partial charge in [0, 0.05) is 4.47 Å². The van der Waals surface area contributed by atoms with E-state index in [2.05, 4.69) is 30.9 Å². The minimum absolute atomic E-state index is 0.265. The van der Waals surface area contributed by atoms with E-state index < -0.39 is 0 Å². The third-order valence-corrected chi connectivity index (χ3v) is 2.80. The standard InChI is InChI=1S/C11H9BrN2O3/c1-16-8-2-3-10(12)9(4-8)11(15)14-7-5-13-17-6-7/h2-6H,1H3,(H,14,15). The van der Waals surface area contributed by atoms with Crippen LogP contribution in [0.15, 0.2) is 39.7 Å². The molecule has 0 fully saturated rings. The molecule has 0 aliphatic carbocycles. The van der Waals surface area contributed by atoms with Gasteiger partial charge in [0.25, 0.3) is 5.91 Å². The van der Waals surface area contributed by atoms with Crippen LogP contribution in [0.4, 0.5) is 5.69 Å². The second-order valence-corrected chi connectivity index (χ2v) is 4.07. The summed E-state index contributed by atoms with van der Waals surface area (Å²) in [6.07, 6.45) is 2.78. The van der Waals surface area contributed by atoms with E-state index in [0.29, 0.717) is 21.5 Å². The van der Waals surface area contributed by atoms with Crippen molar-refractivity contribution in [2.45, 2.75) is 0 Å². The average Bonchev–Trinajstić information content (AvgIpc) is 2.82. The lowest BCUT2D eigenvalue weighted by Gasteiger charge is -2.06. The molecule has 1 N–H and O–H groups in total. The molecule has 0 atom stereocenters. The molecule has 1 heterocycles. The summed E-state index contributed by atoms with van der Waals surface area (Å²) >= 11 is 3.31. The molecule has 1 aromatic heterocycles. The third kappa shape index (κ3) is 2.65. The second kappa shape index (κ2) is 5.01. The lowest BCUT2D eigenvalue weighted by Crippen LogP contribution is -2.12. The van der Waals surface area contributed by atoms with Gasteiger partial charge in [-0.2, -0.15) is 0 Å². The monoisotopic (exact) mass is 296 g/mol. The lowest BCUT2D eigenvalue weighted by atomic mass is 10.2. The summed E-state index contributed by atoms with van der Waals surface area (Å²) in [4.78, 5) is 11.9. The largest absolute Gasteiger partial charge is 0.497 e. The predicted molar refractivity (Wildman–Crippen MR) is 65.2 cm³/mol. The topological polar surface area (TPSA) is 64.4 Å². The van der Waals surface area contributed by atoms with Crippen molar-refractivity contribution in [3.8, 4) is 5.75 Å². The molecule has 17 heavy (non-hydrogen) atoms. The molecule has 0 radical (unpaired) electrons. The van der Waals surface area contributed by atoms with Crippen molar-refractivity contribution in [1.82, 2.24) is 5.16 Å². The fraction of sp³-hybridized carbons (Fsp3) is 0.0909. The Kier molecular flexibility index (Phi) is 3.43. The fourth-order valence-electron chi connectivity index (χ4n) is 1.27. The molecule has 5 nitrogen and oxygen atoms in total. The Morgan fingerprint density at radius 1 is 1.53 bits per heavy atom. The van der Waals surface area contributed by atoms with Crippen molar-refractivity contribution in [2.75, 3.05) is 12.4 Å². The Morgan fingerprint density at radius 3 is 3.00 bits per heavy atom. The van der Waals surface area contributed by atoms with Crippen molar-refractivity contribution < 1.29 is 14.1 Å². The highest BCUT2D eigenvalue weighted by Crippen LogP contribution is 2.23. The van der Waals surface area contributed by atoms with Crippen LogP contribution in [0.25, 0.3) is 0 Å². The Morgan fingerprint density at radius 2 is 2.35 bits per heavy atom. The molecule has 0 spiro atoms. The number of anilines is 1. The van der Waals surface area contributed by atoms with E-state index in [1.165, 1.54) is 12.5 Å². The summed E-state index contributed by atoms with van der Waals surface area (Å²) < 4.78 is 10.4. The van der Waals surface area contributed by atoms with Crippen LogP contribution >= 0.6 is 15.9 Å². The van der Waals surface area contributed by atoms with E-state index in [1.54, 1.807) is 25.3 Å². The second-order valence-electron chi connectivity index (χ2n) is 3.21. The summed E-state index contributed by atoms with van der Waals surface area (Å²) in [6.45, 7) is 0. The first-order chi connectivity index (χ1) is 8.20. The van der Waals surface area contributed by atoms with Crippen LogP contribution in [-0.2, 0) is 0 Å². The highest BCUT2D eigenvalue weighted by molar-refractivity contribution is 9.10. The number of ether oxygens (including phenoxy) is 1. The van der Waals surface area contributed by atoms with E-state index in [1.807, 2.05) is 0 Å². The number of amides is 1. The zero-order valence-electron chi connectivity index (χ0n) is 8.94. The molecule has 2 aromatic rings. The lowest BCUT2D eigenvalue weighted by molar-refractivity contribution is 0.102. The summed E-state index contributed by atoms with van der Waals surface area (Å²) in [5, 5.41) is 6.15. The number of aromatic nitrogens is 1. The molecule has 0 aliphatic rings. The van der Waals surface area contributed by atoms with Crippen LogP contribution < -0.4 is 10.1 Å². The van der Waals surface area contributed by atoms with Crippen molar-refractivity contribution in [2.24, 2.45) is 0 Å². The molecular weight excluding hydrogens is 288 g/mol. The van der Waals surface area contributed by atoms with Crippen LogP contribution in [0.5, 0.6) is 5.75 Å². The van der Waals surface area contributed by atoms with Gasteiger partial charge in [0.1, 0.15) is 17.7 Å². The van der Waals surface area contributed by atoms with Gasteiger partial charge in [-0.3, -0.25) is 4.79 Å². The smallest absolute Gasteiger partial charge is 0.257 e. The molecule has 6 heteroatoms. The highest BCUT2D eigenvalue weighted by atomic mass is 79.9. The quantitative estimate of drug-likeness (QED) is 0.946. The molecule has 0 saturated carbocycles. The molecule has 1 aromatic carbocycles. The number of hydrogen-bond donors (Lipinski definition) is 1. The van der Waals surface area contributed by atoms with Gasteiger partial charge in [-0.25, -0.2) is 0 Å². The number of nitrogens with one attached hydrogen (secondary N) is 1.